The van der Waals surface area contributed by atoms with Crippen LogP contribution in [0.5, 0.6) is 0 Å². The predicted octanol–water partition coefficient (Wildman–Crippen LogP) is 3.76. The first kappa shape index (κ1) is 14.1. The van der Waals surface area contributed by atoms with Crippen LogP contribution in [0, 0.1) is 0 Å². The first-order valence-electron chi connectivity index (χ1n) is 7.71. The van der Waals surface area contributed by atoms with Crippen molar-refractivity contribution in [1.82, 2.24) is 9.78 Å². The normalized spacial score (nSPS) is 15.5. The van der Waals surface area contributed by atoms with Crippen LogP contribution < -0.4 is 5.32 Å². The minimum atomic E-state index is 0.611. The highest BCUT2D eigenvalue weighted by Crippen LogP contribution is 2.28. The summed E-state index contributed by atoms with van der Waals surface area (Å²) < 4.78 is 7.38. The van der Waals surface area contributed by atoms with Gasteiger partial charge in [0.2, 0.25) is 0 Å². The van der Waals surface area contributed by atoms with Gasteiger partial charge < -0.3 is 10.1 Å². The van der Waals surface area contributed by atoms with Crippen molar-refractivity contribution in [2.45, 2.75) is 44.9 Å². The van der Waals surface area contributed by atoms with Crippen molar-refractivity contribution < 1.29 is 4.74 Å². The van der Waals surface area contributed by atoms with Crippen LogP contribution in [0.1, 0.15) is 43.0 Å². The number of para-hydroxylation sites is 1. The Hall–Kier alpha value is -1.81. The van der Waals surface area contributed by atoms with Crippen molar-refractivity contribution in [3.63, 3.8) is 0 Å². The van der Waals surface area contributed by atoms with Gasteiger partial charge in [0, 0.05) is 24.6 Å². The molecule has 1 aromatic heterocycles. The quantitative estimate of drug-likeness (QED) is 0.878. The first-order valence-corrected chi connectivity index (χ1v) is 7.71. The molecule has 0 spiro atoms. The van der Waals surface area contributed by atoms with E-state index in [0.29, 0.717) is 12.6 Å². The van der Waals surface area contributed by atoms with E-state index in [1.165, 1.54) is 31.2 Å². The minimum absolute atomic E-state index is 0.611. The maximum absolute atomic E-state index is 5.23. The number of ether oxygens (including phenoxy) is 1. The van der Waals surface area contributed by atoms with E-state index in [2.05, 4.69) is 34.4 Å². The number of anilines is 1. The molecule has 0 aliphatic heterocycles. The fourth-order valence-electron chi connectivity index (χ4n) is 3.00. The van der Waals surface area contributed by atoms with Gasteiger partial charge >= 0.3 is 0 Å². The number of aromatic nitrogens is 2. The molecule has 0 unspecified atom stereocenters. The van der Waals surface area contributed by atoms with Gasteiger partial charge in [-0.3, -0.25) is 4.68 Å². The summed E-state index contributed by atoms with van der Waals surface area (Å²) in [5, 5.41) is 8.17. The van der Waals surface area contributed by atoms with Crippen LogP contribution in [0.2, 0.25) is 0 Å². The second kappa shape index (κ2) is 6.76. The Morgan fingerprint density at radius 3 is 2.86 bits per heavy atom. The fraction of sp³-hybridized carbons (Fsp3) is 0.471. The summed E-state index contributed by atoms with van der Waals surface area (Å²) in [6.45, 7) is 1.38. The summed E-state index contributed by atoms with van der Waals surface area (Å²) in [6, 6.07) is 11.0. The van der Waals surface area contributed by atoms with Crippen molar-refractivity contribution in [2.75, 3.05) is 12.4 Å². The molecule has 112 valence electrons. The molecule has 0 amide bonds. The van der Waals surface area contributed by atoms with Crippen LogP contribution in [0.3, 0.4) is 0 Å². The summed E-state index contributed by atoms with van der Waals surface area (Å²) in [6.07, 6.45) is 7.33. The molecule has 1 saturated carbocycles. The number of nitrogens with one attached hydrogen (secondary N) is 1. The molecular formula is C17H23N3O. The molecule has 21 heavy (non-hydrogen) atoms. The van der Waals surface area contributed by atoms with Crippen LogP contribution in [0.15, 0.2) is 36.5 Å². The number of benzene rings is 1. The largest absolute Gasteiger partial charge is 0.380 e. The second-order valence-corrected chi connectivity index (χ2v) is 5.67. The topological polar surface area (TPSA) is 39.1 Å². The smallest absolute Gasteiger partial charge is 0.0815 e. The monoisotopic (exact) mass is 285 g/mol. The molecule has 0 radical (unpaired) electrons. The lowest BCUT2D eigenvalue weighted by Crippen LogP contribution is -2.08. The number of rotatable bonds is 6. The van der Waals surface area contributed by atoms with Crippen molar-refractivity contribution in [2.24, 2.45) is 0 Å². The third-order valence-corrected chi connectivity index (χ3v) is 4.14. The average molecular weight is 285 g/mol. The third-order valence-electron chi connectivity index (χ3n) is 4.14. The maximum Gasteiger partial charge on any atom is 0.0815 e. The molecule has 0 bridgehead atoms. The van der Waals surface area contributed by atoms with Crippen molar-refractivity contribution in [1.29, 1.82) is 0 Å². The molecule has 3 rings (SSSR count). The number of nitrogens with zero attached hydrogens (tertiary/aromatic N) is 2. The highest BCUT2D eigenvalue weighted by molar-refractivity contribution is 5.50. The highest BCUT2D eigenvalue weighted by atomic mass is 16.5. The number of methoxy groups -OCH3 is 1. The van der Waals surface area contributed by atoms with Crippen LogP contribution in [-0.4, -0.2) is 16.9 Å². The molecule has 1 aromatic carbocycles. The van der Waals surface area contributed by atoms with Gasteiger partial charge in [0.05, 0.1) is 24.9 Å². The zero-order valence-electron chi connectivity index (χ0n) is 12.6. The van der Waals surface area contributed by atoms with Crippen molar-refractivity contribution in [3.05, 3.63) is 47.8 Å². The van der Waals surface area contributed by atoms with Crippen LogP contribution in [0.4, 0.5) is 5.69 Å². The average Bonchev–Trinajstić information content (AvgIpc) is 3.18. The molecule has 0 atom stereocenters. The van der Waals surface area contributed by atoms with Gasteiger partial charge in [-0.25, -0.2) is 0 Å². The molecule has 1 aliphatic rings. The lowest BCUT2D eigenvalue weighted by Gasteiger charge is -2.11. The Kier molecular flexibility index (Phi) is 4.55. The Morgan fingerprint density at radius 2 is 2.05 bits per heavy atom. The lowest BCUT2D eigenvalue weighted by molar-refractivity contribution is 0.185. The molecule has 1 N–H and O–H groups in total. The molecule has 1 heterocycles. The molecule has 1 fully saturated rings. The van der Waals surface area contributed by atoms with Crippen LogP contribution in [0.25, 0.3) is 0 Å². The molecule has 2 aromatic rings. The minimum Gasteiger partial charge on any atom is -0.380 e. The van der Waals surface area contributed by atoms with Crippen molar-refractivity contribution >= 4 is 5.69 Å². The van der Waals surface area contributed by atoms with Gasteiger partial charge in [-0.05, 0) is 25.0 Å². The van der Waals surface area contributed by atoms with Crippen LogP contribution >= 0.6 is 0 Å². The standard InChI is InChI=1S/C17H23N3O/c1-21-13-14-6-2-5-9-17(14)18-12-15-10-11-20(19-15)16-7-3-4-8-16/h2,5-6,9-11,16,18H,3-4,7-8,12-13H2,1H3. The van der Waals surface area contributed by atoms with E-state index in [1.807, 2.05) is 12.1 Å². The molecule has 1 aliphatic carbocycles. The zero-order chi connectivity index (χ0) is 14.5. The molecule has 0 saturated heterocycles. The number of hydrogen-bond acceptors (Lipinski definition) is 3. The fourth-order valence-corrected chi connectivity index (χ4v) is 3.00. The van der Waals surface area contributed by atoms with Crippen molar-refractivity contribution in [3.8, 4) is 0 Å². The zero-order valence-corrected chi connectivity index (χ0v) is 12.6. The Labute approximate surface area is 126 Å². The van der Waals surface area contributed by atoms with Gasteiger partial charge in [0.25, 0.3) is 0 Å². The van der Waals surface area contributed by atoms with Gasteiger partial charge in [-0.15, -0.1) is 0 Å². The predicted molar refractivity (Wildman–Crippen MR) is 84.2 cm³/mol. The number of hydrogen-bond donors (Lipinski definition) is 1. The molecular weight excluding hydrogens is 262 g/mol. The maximum atomic E-state index is 5.23. The SMILES string of the molecule is COCc1ccccc1NCc1ccn(C2CCCC2)n1. The van der Waals surface area contributed by atoms with E-state index in [9.17, 15) is 0 Å². The Morgan fingerprint density at radius 1 is 1.24 bits per heavy atom. The summed E-state index contributed by atoms with van der Waals surface area (Å²) >= 11 is 0. The first-order chi connectivity index (χ1) is 10.4. The van der Waals surface area contributed by atoms with Gasteiger partial charge in [0.1, 0.15) is 0 Å². The van der Waals surface area contributed by atoms with E-state index in [-0.39, 0.29) is 0 Å². The van der Waals surface area contributed by atoms with E-state index >= 15 is 0 Å². The van der Waals surface area contributed by atoms with E-state index < -0.39 is 0 Å². The second-order valence-electron chi connectivity index (χ2n) is 5.67. The summed E-state index contributed by atoms with van der Waals surface area (Å²) in [5.74, 6) is 0. The Balaban J connectivity index is 1.62. The van der Waals surface area contributed by atoms with E-state index in [1.54, 1.807) is 7.11 Å². The van der Waals surface area contributed by atoms with E-state index in [4.69, 9.17) is 9.84 Å². The summed E-state index contributed by atoms with van der Waals surface area (Å²) in [5.41, 5.74) is 3.39. The highest BCUT2D eigenvalue weighted by Gasteiger charge is 2.17. The van der Waals surface area contributed by atoms with Gasteiger partial charge in [0.15, 0.2) is 0 Å². The summed E-state index contributed by atoms with van der Waals surface area (Å²) in [7, 11) is 1.72. The van der Waals surface area contributed by atoms with Gasteiger partial charge in [-0.1, -0.05) is 31.0 Å². The molecule has 4 heteroatoms. The van der Waals surface area contributed by atoms with Gasteiger partial charge in [-0.2, -0.15) is 5.10 Å². The lowest BCUT2D eigenvalue weighted by atomic mass is 10.2. The van der Waals surface area contributed by atoms with Crippen LogP contribution in [-0.2, 0) is 17.9 Å². The third kappa shape index (κ3) is 3.45. The van der Waals surface area contributed by atoms with E-state index in [0.717, 1.165) is 17.9 Å². The summed E-state index contributed by atoms with van der Waals surface area (Å²) in [4.78, 5) is 0. The molecule has 4 nitrogen and oxygen atoms in total. The Bertz CT molecular complexity index is 573.